The fraction of sp³-hybridized carbons (Fsp3) is 0.188. The normalized spacial score (nSPS) is 13.3. The highest BCUT2D eigenvalue weighted by Crippen LogP contribution is 2.33. The first-order valence-corrected chi connectivity index (χ1v) is 6.88. The topological polar surface area (TPSA) is 61.8 Å². The van der Waals surface area contributed by atoms with Gasteiger partial charge in [0, 0.05) is 17.7 Å². The van der Waals surface area contributed by atoms with Crippen LogP contribution in [0.3, 0.4) is 0 Å². The van der Waals surface area contributed by atoms with E-state index in [9.17, 15) is 9.18 Å². The van der Waals surface area contributed by atoms with E-state index in [1.165, 1.54) is 6.07 Å². The van der Waals surface area contributed by atoms with Gasteiger partial charge in [-0.2, -0.15) is 0 Å². The van der Waals surface area contributed by atoms with Crippen LogP contribution in [-0.4, -0.2) is 24.3 Å². The zero-order valence-electron chi connectivity index (χ0n) is 11.8. The molecule has 0 saturated carbocycles. The number of nitrogens with one attached hydrogen (secondary N) is 1. The largest absolute Gasteiger partial charge is 0.490 e. The summed E-state index contributed by atoms with van der Waals surface area (Å²) in [6.45, 7) is 1.46. The van der Waals surface area contributed by atoms with Gasteiger partial charge < -0.3 is 9.64 Å². The van der Waals surface area contributed by atoms with Crippen LogP contribution >= 0.6 is 0 Å². The molecule has 0 bridgehead atoms. The summed E-state index contributed by atoms with van der Waals surface area (Å²) in [5.41, 5.74) is 3.19. The summed E-state index contributed by atoms with van der Waals surface area (Å²) in [6, 6.07) is 11.5. The van der Waals surface area contributed by atoms with Crippen LogP contribution in [0.25, 0.3) is 0 Å². The fourth-order valence-corrected chi connectivity index (χ4v) is 2.48. The molecule has 1 aliphatic heterocycles. The van der Waals surface area contributed by atoms with Gasteiger partial charge in [0.2, 0.25) is 0 Å². The average Bonchev–Trinajstić information content (AvgIpc) is 2.56. The van der Waals surface area contributed by atoms with E-state index in [2.05, 4.69) is 0 Å². The van der Waals surface area contributed by atoms with Gasteiger partial charge in [0.15, 0.2) is 0 Å². The second-order valence-corrected chi connectivity index (χ2v) is 4.98. The van der Waals surface area contributed by atoms with Gasteiger partial charge >= 0.3 is 0 Å². The Kier molecular flexibility index (Phi) is 3.93. The third kappa shape index (κ3) is 2.73. The lowest BCUT2D eigenvalue weighted by atomic mass is 10.1. The van der Waals surface area contributed by atoms with Gasteiger partial charge in [0.1, 0.15) is 18.2 Å². The van der Waals surface area contributed by atoms with Crippen LogP contribution in [0.5, 0.6) is 5.75 Å². The maximum Gasteiger partial charge on any atom is 0.274 e. The number of hydrogen-bond donors (Lipinski definition) is 2. The number of halogens is 1. The van der Waals surface area contributed by atoms with Gasteiger partial charge in [-0.15, -0.1) is 0 Å². The van der Waals surface area contributed by atoms with Gasteiger partial charge in [-0.1, -0.05) is 18.2 Å². The monoisotopic (exact) mass is 302 g/mol. The minimum Gasteiger partial charge on any atom is -0.490 e. The molecule has 1 amide bonds. The Morgan fingerprint density at radius 1 is 1.32 bits per heavy atom. The van der Waals surface area contributed by atoms with E-state index in [0.717, 1.165) is 0 Å². The molecule has 5 nitrogen and oxygen atoms in total. The molecule has 22 heavy (non-hydrogen) atoms. The number of amides is 1. The minimum atomic E-state index is -0.598. The van der Waals surface area contributed by atoms with Gasteiger partial charge in [-0.05, 0) is 24.3 Å². The Balaban J connectivity index is 1.93. The zero-order valence-corrected chi connectivity index (χ0v) is 11.8. The molecular formula is C16H15FN2O3. The summed E-state index contributed by atoms with van der Waals surface area (Å²) < 4.78 is 19.4. The van der Waals surface area contributed by atoms with Crippen molar-refractivity contribution in [3.8, 4) is 5.75 Å². The van der Waals surface area contributed by atoms with Crippen LogP contribution in [0.15, 0.2) is 42.5 Å². The van der Waals surface area contributed by atoms with Crippen molar-refractivity contribution in [3.05, 3.63) is 59.4 Å². The molecule has 0 aromatic heterocycles. The first-order valence-electron chi connectivity index (χ1n) is 6.88. The molecule has 2 N–H and O–H groups in total. The summed E-state index contributed by atoms with van der Waals surface area (Å²) in [5.74, 6) is -0.226. The van der Waals surface area contributed by atoms with Gasteiger partial charge in [-0.3, -0.25) is 10.0 Å². The molecule has 0 atom stereocenters. The number of hydroxylamine groups is 1. The van der Waals surface area contributed by atoms with E-state index in [0.29, 0.717) is 42.3 Å². The number of fused-ring (bicyclic) bond motifs is 1. The van der Waals surface area contributed by atoms with Crippen molar-refractivity contribution < 1.29 is 19.1 Å². The highest BCUT2D eigenvalue weighted by molar-refractivity contribution is 5.95. The molecule has 0 radical (unpaired) electrons. The van der Waals surface area contributed by atoms with Crippen LogP contribution < -0.4 is 15.1 Å². The smallest absolute Gasteiger partial charge is 0.274 e. The number of carbonyl (C=O) groups excluding carboxylic acids is 1. The molecule has 2 aromatic carbocycles. The summed E-state index contributed by atoms with van der Waals surface area (Å²) >= 11 is 0. The van der Waals surface area contributed by atoms with Crippen LogP contribution in [0.1, 0.15) is 15.9 Å². The Bertz CT molecular complexity index is 706. The third-order valence-corrected chi connectivity index (χ3v) is 3.60. The highest BCUT2D eigenvalue weighted by Gasteiger charge is 2.21. The number of rotatable bonds is 3. The maximum absolute atomic E-state index is 13.8. The number of hydrogen-bond acceptors (Lipinski definition) is 4. The molecule has 3 rings (SSSR count). The molecule has 1 aliphatic rings. The van der Waals surface area contributed by atoms with Crippen molar-refractivity contribution in [2.45, 2.75) is 6.54 Å². The predicted molar refractivity (Wildman–Crippen MR) is 78.6 cm³/mol. The van der Waals surface area contributed by atoms with Crippen molar-refractivity contribution in [3.63, 3.8) is 0 Å². The van der Waals surface area contributed by atoms with Crippen molar-refractivity contribution >= 4 is 11.6 Å². The number of ether oxygens (including phenoxy) is 1. The zero-order chi connectivity index (χ0) is 15.5. The first-order chi connectivity index (χ1) is 10.7. The third-order valence-electron chi connectivity index (χ3n) is 3.60. The lowest BCUT2D eigenvalue weighted by molar-refractivity contribution is 0.0706. The summed E-state index contributed by atoms with van der Waals surface area (Å²) in [6.07, 6.45) is 0. The number of benzene rings is 2. The molecule has 0 spiro atoms. The Morgan fingerprint density at radius 2 is 2.14 bits per heavy atom. The molecule has 0 saturated heterocycles. The van der Waals surface area contributed by atoms with Gasteiger partial charge in [0.25, 0.3) is 5.91 Å². The minimum absolute atomic E-state index is 0.264. The SMILES string of the molecule is O=C(NO)c1ccc2c(c1)N(Cc1ccccc1F)CCO2. The van der Waals surface area contributed by atoms with Crippen molar-refractivity contribution in [1.82, 2.24) is 5.48 Å². The Labute approximate surface area is 126 Å². The van der Waals surface area contributed by atoms with Crippen LogP contribution in [-0.2, 0) is 6.54 Å². The summed E-state index contributed by atoms with van der Waals surface area (Å²) in [7, 11) is 0. The van der Waals surface area contributed by atoms with Crippen LogP contribution in [0.4, 0.5) is 10.1 Å². The van der Waals surface area contributed by atoms with E-state index < -0.39 is 5.91 Å². The van der Waals surface area contributed by atoms with Gasteiger partial charge in [0.05, 0.1) is 12.2 Å². The lowest BCUT2D eigenvalue weighted by Gasteiger charge is -2.31. The first kappa shape index (κ1) is 14.3. The molecule has 0 unspecified atom stereocenters. The summed E-state index contributed by atoms with van der Waals surface area (Å²) in [4.78, 5) is 13.5. The molecular weight excluding hydrogens is 287 g/mol. The van der Waals surface area contributed by atoms with E-state index in [4.69, 9.17) is 9.94 Å². The molecule has 0 aliphatic carbocycles. The fourth-order valence-electron chi connectivity index (χ4n) is 2.48. The van der Waals surface area contributed by atoms with Crippen molar-refractivity contribution in [2.75, 3.05) is 18.1 Å². The van der Waals surface area contributed by atoms with Crippen molar-refractivity contribution in [1.29, 1.82) is 0 Å². The second kappa shape index (κ2) is 6.03. The average molecular weight is 302 g/mol. The van der Waals surface area contributed by atoms with Gasteiger partial charge in [-0.25, -0.2) is 9.87 Å². The summed E-state index contributed by atoms with van der Waals surface area (Å²) in [5, 5.41) is 8.74. The predicted octanol–water partition coefficient (Wildman–Crippen LogP) is 2.34. The molecule has 2 aromatic rings. The van der Waals surface area contributed by atoms with E-state index in [1.807, 2.05) is 4.90 Å². The van der Waals surface area contributed by atoms with E-state index >= 15 is 0 Å². The standard InChI is InChI=1S/C16H15FN2O3/c17-13-4-2-1-3-12(13)10-19-7-8-22-15-6-5-11(9-14(15)19)16(20)18-21/h1-6,9,21H,7-8,10H2,(H,18,20). The quantitative estimate of drug-likeness (QED) is 0.675. The Morgan fingerprint density at radius 3 is 2.91 bits per heavy atom. The molecule has 114 valence electrons. The van der Waals surface area contributed by atoms with Crippen LogP contribution in [0, 0.1) is 5.82 Å². The molecule has 1 heterocycles. The maximum atomic E-state index is 13.8. The van der Waals surface area contributed by atoms with Crippen molar-refractivity contribution in [2.24, 2.45) is 0 Å². The molecule has 0 fully saturated rings. The Hall–Kier alpha value is -2.60. The van der Waals surface area contributed by atoms with Crippen LogP contribution in [0.2, 0.25) is 0 Å². The number of nitrogens with zero attached hydrogens (tertiary/aromatic N) is 1. The molecule has 6 heteroatoms. The van der Waals surface area contributed by atoms with E-state index in [1.54, 1.807) is 41.9 Å². The lowest BCUT2D eigenvalue weighted by Crippen LogP contribution is -2.33. The van der Waals surface area contributed by atoms with E-state index in [-0.39, 0.29) is 5.82 Å². The number of carbonyl (C=O) groups is 1. The highest BCUT2D eigenvalue weighted by atomic mass is 19.1. The second-order valence-electron chi connectivity index (χ2n) is 4.98. The number of anilines is 1.